The van der Waals surface area contributed by atoms with E-state index in [9.17, 15) is 12.8 Å². The number of hydrogen-bond donors (Lipinski definition) is 3. The number of anilines is 1. The van der Waals surface area contributed by atoms with Gasteiger partial charge in [0, 0.05) is 17.3 Å². The lowest BCUT2D eigenvalue weighted by Gasteiger charge is -2.12. The van der Waals surface area contributed by atoms with Crippen LogP contribution in [0.3, 0.4) is 0 Å². The van der Waals surface area contributed by atoms with Crippen molar-refractivity contribution in [3.05, 3.63) is 23.5 Å². The summed E-state index contributed by atoms with van der Waals surface area (Å²) in [5.74, 6) is -0.679. The maximum atomic E-state index is 13.4. The predicted octanol–water partition coefficient (Wildman–Crippen LogP) is 0.375. The van der Waals surface area contributed by atoms with Crippen LogP contribution in [-0.2, 0) is 10.0 Å². The summed E-state index contributed by atoms with van der Waals surface area (Å²) >= 11 is 0. The molecule has 0 aliphatic carbocycles. The molecule has 0 aliphatic heterocycles. The summed E-state index contributed by atoms with van der Waals surface area (Å²) in [5, 5.41) is 8.77. The SMILES string of the molecule is Cc1c(N)cc(S(=O)(=O)N[C@@H](C)CO)cc1F. The molecule has 0 amide bonds. The maximum absolute atomic E-state index is 13.4. The lowest BCUT2D eigenvalue weighted by molar-refractivity contribution is 0.265. The third-order valence-electron chi connectivity index (χ3n) is 2.30. The molecule has 0 saturated heterocycles. The second-order valence-corrected chi connectivity index (χ2v) is 5.54. The van der Waals surface area contributed by atoms with Crippen molar-refractivity contribution in [2.75, 3.05) is 12.3 Å². The van der Waals surface area contributed by atoms with Gasteiger partial charge >= 0.3 is 0 Å². The van der Waals surface area contributed by atoms with Gasteiger partial charge in [-0.1, -0.05) is 0 Å². The molecule has 1 aromatic rings. The van der Waals surface area contributed by atoms with E-state index in [1.54, 1.807) is 0 Å². The molecule has 0 saturated carbocycles. The minimum Gasteiger partial charge on any atom is -0.398 e. The Hall–Kier alpha value is -1.18. The van der Waals surface area contributed by atoms with Gasteiger partial charge in [0.2, 0.25) is 10.0 Å². The summed E-state index contributed by atoms with van der Waals surface area (Å²) in [6.45, 7) is 2.61. The molecule has 7 heteroatoms. The fourth-order valence-corrected chi connectivity index (χ4v) is 2.48. The highest BCUT2D eigenvalue weighted by Gasteiger charge is 2.19. The molecule has 0 unspecified atom stereocenters. The van der Waals surface area contributed by atoms with Crippen LogP contribution in [-0.4, -0.2) is 26.2 Å². The van der Waals surface area contributed by atoms with Gasteiger partial charge in [-0.05, 0) is 26.0 Å². The van der Waals surface area contributed by atoms with E-state index in [1.807, 2.05) is 0 Å². The van der Waals surface area contributed by atoms with Crippen molar-refractivity contribution in [3.63, 3.8) is 0 Å². The van der Waals surface area contributed by atoms with Crippen LogP contribution < -0.4 is 10.5 Å². The molecule has 0 spiro atoms. The molecular formula is C10H15FN2O3S. The summed E-state index contributed by atoms with van der Waals surface area (Å²) in [4.78, 5) is -0.251. The Labute approximate surface area is 99.5 Å². The molecule has 4 N–H and O–H groups in total. The highest BCUT2D eigenvalue weighted by atomic mass is 32.2. The van der Waals surface area contributed by atoms with Gasteiger partial charge in [0.15, 0.2) is 0 Å². The number of hydrogen-bond acceptors (Lipinski definition) is 4. The number of sulfonamides is 1. The van der Waals surface area contributed by atoms with Crippen LogP contribution in [0.2, 0.25) is 0 Å². The van der Waals surface area contributed by atoms with E-state index < -0.39 is 21.9 Å². The summed E-state index contributed by atoms with van der Waals surface area (Å²) in [7, 11) is -3.86. The second kappa shape index (κ2) is 4.99. The average Bonchev–Trinajstić information content (AvgIpc) is 2.24. The fourth-order valence-electron chi connectivity index (χ4n) is 1.20. The highest BCUT2D eigenvalue weighted by Crippen LogP contribution is 2.20. The molecule has 0 heterocycles. The minimum absolute atomic E-state index is 0.0713. The van der Waals surface area contributed by atoms with Gasteiger partial charge in [0.25, 0.3) is 0 Å². The topological polar surface area (TPSA) is 92.4 Å². The van der Waals surface area contributed by atoms with E-state index >= 15 is 0 Å². The Morgan fingerprint density at radius 3 is 2.59 bits per heavy atom. The molecule has 0 aliphatic rings. The monoisotopic (exact) mass is 262 g/mol. The predicted molar refractivity (Wildman–Crippen MR) is 62.4 cm³/mol. The Morgan fingerprint density at radius 2 is 2.12 bits per heavy atom. The van der Waals surface area contributed by atoms with E-state index in [0.717, 1.165) is 6.07 Å². The van der Waals surface area contributed by atoms with Crippen molar-refractivity contribution < 1.29 is 17.9 Å². The molecule has 1 atom stereocenters. The standard InChI is InChI=1S/C10H15FN2O3S/c1-6(5-14)13-17(15,16)8-3-9(11)7(2)10(12)4-8/h3-4,6,13-14H,5,12H2,1-2H3/t6-/m0/s1. The zero-order valence-corrected chi connectivity index (χ0v) is 10.4. The van der Waals surface area contributed by atoms with Crippen LogP contribution in [0.1, 0.15) is 12.5 Å². The quantitative estimate of drug-likeness (QED) is 0.684. The zero-order valence-electron chi connectivity index (χ0n) is 9.57. The number of rotatable bonds is 4. The van der Waals surface area contributed by atoms with Gasteiger partial charge in [0.1, 0.15) is 5.82 Å². The van der Waals surface area contributed by atoms with E-state index in [1.165, 1.54) is 19.9 Å². The molecule has 5 nitrogen and oxygen atoms in total. The van der Waals surface area contributed by atoms with Gasteiger partial charge in [-0.25, -0.2) is 17.5 Å². The van der Waals surface area contributed by atoms with Crippen LogP contribution in [0.15, 0.2) is 17.0 Å². The van der Waals surface area contributed by atoms with Crippen LogP contribution in [0, 0.1) is 12.7 Å². The Morgan fingerprint density at radius 1 is 1.53 bits per heavy atom. The third kappa shape index (κ3) is 3.15. The van der Waals surface area contributed by atoms with E-state index in [2.05, 4.69) is 4.72 Å². The summed E-state index contributed by atoms with van der Waals surface area (Å²) in [6, 6.07) is 1.44. The van der Waals surface area contributed by atoms with Crippen molar-refractivity contribution in [3.8, 4) is 0 Å². The molecule has 96 valence electrons. The van der Waals surface area contributed by atoms with Gasteiger partial charge < -0.3 is 10.8 Å². The van der Waals surface area contributed by atoms with Crippen LogP contribution in [0.25, 0.3) is 0 Å². The number of halogens is 1. The van der Waals surface area contributed by atoms with Crippen LogP contribution in [0.5, 0.6) is 0 Å². The second-order valence-electron chi connectivity index (χ2n) is 3.82. The van der Waals surface area contributed by atoms with Gasteiger partial charge in [0.05, 0.1) is 11.5 Å². The molecule has 0 radical (unpaired) electrons. The summed E-state index contributed by atoms with van der Waals surface area (Å²) in [5.41, 5.74) is 5.78. The van der Waals surface area contributed by atoms with Crippen molar-refractivity contribution in [1.82, 2.24) is 4.72 Å². The van der Waals surface area contributed by atoms with Crippen LogP contribution in [0.4, 0.5) is 10.1 Å². The highest BCUT2D eigenvalue weighted by molar-refractivity contribution is 7.89. The number of nitrogens with one attached hydrogen (secondary N) is 1. The molecule has 0 bridgehead atoms. The summed E-state index contributed by atoms with van der Waals surface area (Å²) < 4.78 is 39.1. The first-order valence-electron chi connectivity index (χ1n) is 4.96. The normalized spacial score (nSPS) is 13.6. The third-order valence-corrected chi connectivity index (χ3v) is 3.87. The first-order valence-corrected chi connectivity index (χ1v) is 6.45. The average molecular weight is 262 g/mol. The Balaban J connectivity index is 3.16. The van der Waals surface area contributed by atoms with E-state index in [0.29, 0.717) is 0 Å². The number of nitrogen functional groups attached to an aromatic ring is 1. The number of aliphatic hydroxyl groups is 1. The minimum atomic E-state index is -3.86. The van der Waals surface area contributed by atoms with Crippen molar-refractivity contribution in [2.24, 2.45) is 0 Å². The molecule has 0 fully saturated rings. The first kappa shape index (κ1) is 13.9. The molecule has 1 rings (SSSR count). The van der Waals surface area contributed by atoms with E-state index in [4.69, 9.17) is 10.8 Å². The number of benzene rings is 1. The number of aliphatic hydroxyl groups excluding tert-OH is 1. The smallest absolute Gasteiger partial charge is 0.241 e. The van der Waals surface area contributed by atoms with Crippen molar-refractivity contribution in [1.29, 1.82) is 0 Å². The lowest BCUT2D eigenvalue weighted by Crippen LogP contribution is -2.35. The fraction of sp³-hybridized carbons (Fsp3) is 0.400. The molecule has 17 heavy (non-hydrogen) atoms. The maximum Gasteiger partial charge on any atom is 0.241 e. The van der Waals surface area contributed by atoms with E-state index in [-0.39, 0.29) is 22.8 Å². The molecular weight excluding hydrogens is 247 g/mol. The Kier molecular flexibility index (Phi) is 4.07. The number of nitrogens with two attached hydrogens (primary N) is 1. The molecule has 0 aromatic heterocycles. The van der Waals surface area contributed by atoms with Gasteiger partial charge in [-0.2, -0.15) is 0 Å². The van der Waals surface area contributed by atoms with Crippen LogP contribution >= 0.6 is 0 Å². The largest absolute Gasteiger partial charge is 0.398 e. The van der Waals surface area contributed by atoms with Gasteiger partial charge in [-0.3, -0.25) is 0 Å². The molecule has 1 aromatic carbocycles. The zero-order chi connectivity index (χ0) is 13.2. The van der Waals surface area contributed by atoms with Gasteiger partial charge in [-0.15, -0.1) is 0 Å². The first-order chi connectivity index (χ1) is 7.77. The summed E-state index contributed by atoms with van der Waals surface area (Å²) in [6.07, 6.45) is 0. The lowest BCUT2D eigenvalue weighted by atomic mass is 10.2. The Bertz CT molecular complexity index is 493. The van der Waals surface area contributed by atoms with Crippen molar-refractivity contribution >= 4 is 15.7 Å². The van der Waals surface area contributed by atoms with Crippen molar-refractivity contribution in [2.45, 2.75) is 24.8 Å².